The van der Waals surface area contributed by atoms with Crippen LogP contribution in [0.1, 0.15) is 41.4 Å². The van der Waals surface area contributed by atoms with Gasteiger partial charge in [0.1, 0.15) is 5.82 Å². The fourth-order valence-corrected chi connectivity index (χ4v) is 4.16. The maximum absolute atomic E-state index is 13.1. The Hall–Kier alpha value is -3.56. The highest BCUT2D eigenvalue weighted by molar-refractivity contribution is 7.89. The number of esters is 1. The van der Waals surface area contributed by atoms with E-state index in [-0.39, 0.29) is 22.8 Å². The van der Waals surface area contributed by atoms with Crippen LogP contribution in [0.5, 0.6) is 0 Å². The molecule has 0 fully saturated rings. The Kier molecular flexibility index (Phi) is 8.14. The molecule has 1 amide bonds. The molecule has 3 aromatic carbocycles. The van der Waals surface area contributed by atoms with Crippen LogP contribution < -0.4 is 10.0 Å². The van der Waals surface area contributed by atoms with Crippen molar-refractivity contribution in [2.45, 2.75) is 37.4 Å². The first-order valence-electron chi connectivity index (χ1n) is 10.6. The minimum atomic E-state index is -3.87. The second-order valence-electron chi connectivity index (χ2n) is 7.67. The highest BCUT2D eigenvalue weighted by atomic mass is 32.2. The van der Waals surface area contributed by atoms with Gasteiger partial charge in [-0.05, 0) is 55.3 Å². The van der Waals surface area contributed by atoms with Crippen molar-refractivity contribution >= 4 is 21.9 Å². The molecule has 0 aliphatic rings. The Balaban J connectivity index is 1.61. The van der Waals surface area contributed by atoms with Gasteiger partial charge in [0.15, 0.2) is 6.10 Å². The highest BCUT2D eigenvalue weighted by Crippen LogP contribution is 2.16. The highest BCUT2D eigenvalue weighted by Gasteiger charge is 2.22. The minimum Gasteiger partial charge on any atom is -0.449 e. The lowest BCUT2D eigenvalue weighted by Gasteiger charge is -2.18. The number of halogens is 1. The molecular weight excluding hydrogens is 459 g/mol. The van der Waals surface area contributed by atoms with Gasteiger partial charge in [-0.3, -0.25) is 4.79 Å². The number of ether oxygens (including phenoxy) is 1. The van der Waals surface area contributed by atoms with Crippen LogP contribution in [-0.2, 0) is 26.1 Å². The maximum Gasteiger partial charge on any atom is 0.338 e. The molecule has 0 aliphatic carbocycles. The third kappa shape index (κ3) is 6.72. The van der Waals surface area contributed by atoms with Gasteiger partial charge in [0.2, 0.25) is 10.0 Å². The summed E-state index contributed by atoms with van der Waals surface area (Å²) in [7, 11) is -3.87. The molecule has 2 atom stereocenters. The van der Waals surface area contributed by atoms with Crippen LogP contribution in [0.15, 0.2) is 83.8 Å². The lowest BCUT2D eigenvalue weighted by Crippen LogP contribution is -2.37. The molecule has 3 rings (SSSR count). The predicted molar refractivity (Wildman–Crippen MR) is 125 cm³/mol. The zero-order valence-electron chi connectivity index (χ0n) is 18.7. The van der Waals surface area contributed by atoms with E-state index in [1.54, 1.807) is 43.3 Å². The molecule has 0 saturated heterocycles. The summed E-state index contributed by atoms with van der Waals surface area (Å²) in [6.07, 6.45) is -1.13. The van der Waals surface area contributed by atoms with Gasteiger partial charge in [0, 0.05) is 6.54 Å². The Morgan fingerprint density at radius 2 is 1.62 bits per heavy atom. The Morgan fingerprint density at radius 3 is 2.29 bits per heavy atom. The molecule has 0 heterocycles. The molecule has 2 N–H and O–H groups in total. The van der Waals surface area contributed by atoms with Crippen molar-refractivity contribution in [1.82, 2.24) is 10.0 Å². The molecule has 0 saturated carbocycles. The lowest BCUT2D eigenvalue weighted by atomic mass is 10.1. The van der Waals surface area contributed by atoms with E-state index in [2.05, 4.69) is 10.0 Å². The van der Waals surface area contributed by atoms with Crippen LogP contribution in [-0.4, -0.2) is 26.4 Å². The number of sulfonamides is 1. The standard InChI is InChI=1S/C25H25FN2O5S/c1-17(20-11-13-22(26)14-12-20)28-24(29)18(2)33-25(30)21-9-6-10-23(15-21)34(31,32)27-16-19-7-4-3-5-8-19/h3-15,17-18,27H,16H2,1-2H3,(H,28,29). The van der Waals surface area contributed by atoms with E-state index in [0.29, 0.717) is 5.56 Å². The number of carbonyl (C=O) groups is 2. The first-order chi connectivity index (χ1) is 16.2. The summed E-state index contributed by atoms with van der Waals surface area (Å²) in [4.78, 5) is 24.9. The molecule has 0 aromatic heterocycles. The normalized spacial score (nSPS) is 13.0. The quantitative estimate of drug-likeness (QED) is 0.451. The van der Waals surface area contributed by atoms with E-state index in [0.717, 1.165) is 5.56 Å². The van der Waals surface area contributed by atoms with Crippen LogP contribution >= 0.6 is 0 Å². The third-order valence-electron chi connectivity index (χ3n) is 5.07. The predicted octanol–water partition coefficient (Wildman–Crippen LogP) is 3.73. The van der Waals surface area contributed by atoms with Gasteiger partial charge in [-0.2, -0.15) is 0 Å². The average molecular weight is 485 g/mol. The van der Waals surface area contributed by atoms with Gasteiger partial charge in [-0.25, -0.2) is 22.3 Å². The Bertz CT molecular complexity index is 1250. The number of hydrogen-bond donors (Lipinski definition) is 2. The molecule has 178 valence electrons. The molecule has 3 aromatic rings. The fourth-order valence-electron chi connectivity index (χ4n) is 3.10. The summed E-state index contributed by atoms with van der Waals surface area (Å²) >= 11 is 0. The molecule has 9 heteroatoms. The summed E-state index contributed by atoms with van der Waals surface area (Å²) < 4.78 is 46.1. The topological polar surface area (TPSA) is 102 Å². The van der Waals surface area contributed by atoms with Crippen LogP contribution in [0.3, 0.4) is 0 Å². The zero-order chi connectivity index (χ0) is 24.7. The molecule has 2 unspecified atom stereocenters. The SMILES string of the molecule is CC(OC(=O)c1cccc(S(=O)(=O)NCc2ccccc2)c1)C(=O)NC(C)c1ccc(F)cc1. The van der Waals surface area contributed by atoms with E-state index < -0.39 is 34.0 Å². The largest absolute Gasteiger partial charge is 0.449 e. The minimum absolute atomic E-state index is 0.00572. The van der Waals surface area contributed by atoms with Gasteiger partial charge in [-0.1, -0.05) is 48.5 Å². The van der Waals surface area contributed by atoms with Crippen molar-refractivity contribution in [2.75, 3.05) is 0 Å². The summed E-state index contributed by atoms with van der Waals surface area (Å²) in [6, 6.07) is 19.7. The summed E-state index contributed by atoms with van der Waals surface area (Å²) in [5, 5.41) is 2.70. The van der Waals surface area contributed by atoms with Crippen LogP contribution in [0.25, 0.3) is 0 Å². The first-order valence-corrected chi connectivity index (χ1v) is 12.0. The van der Waals surface area contributed by atoms with Crippen molar-refractivity contribution < 1.29 is 27.1 Å². The van der Waals surface area contributed by atoms with Gasteiger partial charge in [-0.15, -0.1) is 0 Å². The van der Waals surface area contributed by atoms with Gasteiger partial charge >= 0.3 is 5.97 Å². The number of hydrogen-bond acceptors (Lipinski definition) is 5. The monoisotopic (exact) mass is 484 g/mol. The number of rotatable bonds is 9. The molecule has 34 heavy (non-hydrogen) atoms. The average Bonchev–Trinajstić information content (AvgIpc) is 2.83. The molecule has 7 nitrogen and oxygen atoms in total. The first kappa shape index (κ1) is 25.1. The second kappa shape index (κ2) is 11.0. The van der Waals surface area contributed by atoms with Crippen molar-refractivity contribution in [3.8, 4) is 0 Å². The van der Waals surface area contributed by atoms with E-state index >= 15 is 0 Å². The lowest BCUT2D eigenvalue weighted by molar-refractivity contribution is -0.129. The Labute approximate surface area is 198 Å². The fraction of sp³-hybridized carbons (Fsp3) is 0.200. The maximum atomic E-state index is 13.1. The number of carbonyl (C=O) groups excluding carboxylic acids is 2. The van der Waals surface area contributed by atoms with Gasteiger partial charge < -0.3 is 10.1 Å². The molecule has 0 radical (unpaired) electrons. The van der Waals surface area contributed by atoms with E-state index in [9.17, 15) is 22.4 Å². The number of amides is 1. The van der Waals surface area contributed by atoms with E-state index in [1.807, 2.05) is 6.07 Å². The van der Waals surface area contributed by atoms with Gasteiger partial charge in [0.05, 0.1) is 16.5 Å². The molecule has 0 spiro atoms. The van der Waals surface area contributed by atoms with E-state index in [1.165, 1.54) is 43.3 Å². The smallest absolute Gasteiger partial charge is 0.338 e. The van der Waals surface area contributed by atoms with Crippen molar-refractivity contribution in [3.05, 3.63) is 101 Å². The summed E-state index contributed by atoms with van der Waals surface area (Å²) in [6.45, 7) is 3.23. The van der Waals surface area contributed by atoms with Crippen molar-refractivity contribution in [1.29, 1.82) is 0 Å². The number of nitrogens with one attached hydrogen (secondary N) is 2. The van der Waals surface area contributed by atoms with E-state index in [4.69, 9.17) is 4.74 Å². The van der Waals surface area contributed by atoms with Crippen molar-refractivity contribution in [3.63, 3.8) is 0 Å². The molecule has 0 bridgehead atoms. The third-order valence-corrected chi connectivity index (χ3v) is 6.47. The van der Waals surface area contributed by atoms with Crippen LogP contribution in [0, 0.1) is 5.82 Å². The second-order valence-corrected chi connectivity index (χ2v) is 9.43. The van der Waals surface area contributed by atoms with Gasteiger partial charge in [0.25, 0.3) is 5.91 Å². The zero-order valence-corrected chi connectivity index (χ0v) is 19.5. The molecular formula is C25H25FN2O5S. The van der Waals surface area contributed by atoms with Crippen LogP contribution in [0.2, 0.25) is 0 Å². The summed E-state index contributed by atoms with van der Waals surface area (Å²) in [5.74, 6) is -1.76. The summed E-state index contributed by atoms with van der Waals surface area (Å²) in [5.41, 5.74) is 1.47. The Morgan fingerprint density at radius 1 is 0.941 bits per heavy atom. The number of benzene rings is 3. The van der Waals surface area contributed by atoms with Crippen LogP contribution in [0.4, 0.5) is 4.39 Å². The molecule has 0 aliphatic heterocycles. The van der Waals surface area contributed by atoms with Crippen molar-refractivity contribution in [2.24, 2.45) is 0 Å².